The van der Waals surface area contributed by atoms with E-state index in [2.05, 4.69) is 40.4 Å². The number of rotatable bonds is 6. The summed E-state index contributed by atoms with van der Waals surface area (Å²) in [7, 11) is 1.93. The lowest BCUT2D eigenvalue weighted by Crippen LogP contribution is -2.40. The van der Waals surface area contributed by atoms with Crippen molar-refractivity contribution < 1.29 is 4.79 Å². The fourth-order valence-electron chi connectivity index (χ4n) is 4.55. The van der Waals surface area contributed by atoms with Crippen molar-refractivity contribution in [3.63, 3.8) is 0 Å². The highest BCUT2D eigenvalue weighted by molar-refractivity contribution is 7.98. The lowest BCUT2D eigenvalue weighted by Gasteiger charge is -2.35. The first kappa shape index (κ1) is 19.5. The number of likely N-dealkylation sites (tertiary alicyclic amines) is 1. The maximum Gasteiger partial charge on any atom is 0.272 e. The summed E-state index contributed by atoms with van der Waals surface area (Å²) >= 11 is 1.79. The van der Waals surface area contributed by atoms with E-state index in [4.69, 9.17) is 0 Å². The summed E-state index contributed by atoms with van der Waals surface area (Å²) in [4.78, 5) is 16.7. The highest BCUT2D eigenvalue weighted by Crippen LogP contribution is 2.42. The second kappa shape index (κ2) is 8.70. The van der Waals surface area contributed by atoms with Gasteiger partial charge in [0.15, 0.2) is 5.69 Å². The molecule has 150 valence electrons. The molecule has 2 aromatic rings. The summed E-state index contributed by atoms with van der Waals surface area (Å²) in [5.41, 5.74) is 3.91. The fraction of sp³-hybridized carbons (Fsp3) is 0.545. The second-order valence-corrected chi connectivity index (χ2v) is 8.80. The number of aryl methyl sites for hydroxylation is 1. The number of aromatic nitrogens is 2. The number of hydrogen-bond acceptors (Lipinski definition) is 4. The van der Waals surface area contributed by atoms with E-state index in [0.29, 0.717) is 12.2 Å². The van der Waals surface area contributed by atoms with Crippen molar-refractivity contribution >= 4 is 17.7 Å². The van der Waals surface area contributed by atoms with Gasteiger partial charge in [-0.2, -0.15) is 5.10 Å². The quantitative estimate of drug-likeness (QED) is 0.745. The smallest absolute Gasteiger partial charge is 0.272 e. The molecule has 0 spiro atoms. The first-order valence-corrected chi connectivity index (χ1v) is 11.5. The topological polar surface area (TPSA) is 50.2 Å². The normalized spacial score (nSPS) is 19.1. The van der Waals surface area contributed by atoms with E-state index in [1.165, 1.54) is 42.7 Å². The molecule has 5 nitrogen and oxygen atoms in total. The van der Waals surface area contributed by atoms with Crippen LogP contribution in [0.3, 0.4) is 0 Å². The van der Waals surface area contributed by atoms with Gasteiger partial charge in [-0.3, -0.25) is 9.48 Å². The van der Waals surface area contributed by atoms with E-state index in [0.717, 1.165) is 36.0 Å². The Morgan fingerprint density at radius 3 is 3.04 bits per heavy atom. The number of nitrogens with one attached hydrogen (secondary N) is 1. The van der Waals surface area contributed by atoms with Crippen LogP contribution in [0.2, 0.25) is 0 Å². The monoisotopic (exact) mass is 398 g/mol. The van der Waals surface area contributed by atoms with E-state index in [1.807, 2.05) is 17.8 Å². The fourth-order valence-corrected chi connectivity index (χ4v) is 5.61. The number of nitrogens with zero attached hydrogens (tertiary/aromatic N) is 3. The molecular formula is C22H30N4OS. The lowest BCUT2D eigenvalue weighted by molar-refractivity contribution is 0.0941. The molecule has 3 heterocycles. The number of fused-ring (bicyclic) bond motifs is 3. The van der Waals surface area contributed by atoms with Crippen molar-refractivity contribution in [2.45, 2.75) is 55.7 Å². The summed E-state index contributed by atoms with van der Waals surface area (Å²) in [6, 6.07) is 9.09. The Balaban J connectivity index is 1.38. The highest BCUT2D eigenvalue weighted by Gasteiger charge is 2.27. The van der Waals surface area contributed by atoms with Crippen LogP contribution in [-0.2, 0) is 12.8 Å². The Morgan fingerprint density at radius 2 is 2.18 bits per heavy atom. The molecule has 0 aliphatic carbocycles. The molecule has 1 aromatic carbocycles. The average molecular weight is 399 g/mol. The molecule has 28 heavy (non-hydrogen) atoms. The molecule has 0 radical (unpaired) electrons. The maximum atomic E-state index is 12.8. The van der Waals surface area contributed by atoms with Crippen molar-refractivity contribution in [1.82, 2.24) is 20.0 Å². The number of piperidine rings is 1. The molecule has 0 unspecified atom stereocenters. The second-order valence-electron chi connectivity index (χ2n) is 7.79. The van der Waals surface area contributed by atoms with Crippen molar-refractivity contribution in [3.05, 3.63) is 35.5 Å². The van der Waals surface area contributed by atoms with Crippen LogP contribution in [0.4, 0.5) is 0 Å². The van der Waals surface area contributed by atoms with Gasteiger partial charge in [0, 0.05) is 48.0 Å². The van der Waals surface area contributed by atoms with Gasteiger partial charge < -0.3 is 10.2 Å². The van der Waals surface area contributed by atoms with Gasteiger partial charge >= 0.3 is 0 Å². The van der Waals surface area contributed by atoms with Gasteiger partial charge in [-0.05, 0) is 38.3 Å². The molecule has 1 saturated heterocycles. The van der Waals surface area contributed by atoms with Gasteiger partial charge in [0.05, 0.1) is 5.69 Å². The third-order valence-electron chi connectivity index (χ3n) is 6.00. The molecular weight excluding hydrogens is 368 g/mol. The molecule has 2 aliphatic rings. The molecule has 0 bridgehead atoms. The van der Waals surface area contributed by atoms with E-state index in [-0.39, 0.29) is 5.91 Å². The molecule has 6 heteroatoms. The van der Waals surface area contributed by atoms with Crippen LogP contribution in [0.1, 0.15) is 55.1 Å². The predicted octanol–water partition coefficient (Wildman–Crippen LogP) is 4.08. The Kier molecular flexibility index (Phi) is 6.07. The molecule has 0 saturated carbocycles. The first-order chi connectivity index (χ1) is 13.7. The molecule has 1 aromatic heterocycles. The van der Waals surface area contributed by atoms with E-state index < -0.39 is 0 Å². The van der Waals surface area contributed by atoms with Crippen LogP contribution in [0.5, 0.6) is 0 Å². The molecule has 2 aliphatic heterocycles. The van der Waals surface area contributed by atoms with E-state index >= 15 is 0 Å². The lowest BCUT2D eigenvalue weighted by atomic mass is 10.00. The van der Waals surface area contributed by atoms with Crippen LogP contribution in [0.25, 0.3) is 11.3 Å². The zero-order valence-corrected chi connectivity index (χ0v) is 17.7. The third kappa shape index (κ3) is 3.85. The van der Waals surface area contributed by atoms with Gasteiger partial charge in [0.1, 0.15) is 0 Å². The minimum absolute atomic E-state index is 0.0393. The van der Waals surface area contributed by atoms with E-state index in [1.54, 1.807) is 11.8 Å². The summed E-state index contributed by atoms with van der Waals surface area (Å²) in [5, 5.41) is 7.67. The molecule has 4 rings (SSSR count). The Hall–Kier alpha value is -1.79. The Morgan fingerprint density at radius 1 is 1.32 bits per heavy atom. The van der Waals surface area contributed by atoms with Crippen molar-refractivity contribution in [3.8, 4) is 11.3 Å². The zero-order valence-electron chi connectivity index (χ0n) is 16.9. The number of benzene rings is 1. The highest BCUT2D eigenvalue weighted by atomic mass is 32.2. The molecule has 1 atom stereocenters. The summed E-state index contributed by atoms with van der Waals surface area (Å²) in [6.45, 7) is 5.27. The van der Waals surface area contributed by atoms with Gasteiger partial charge in [-0.1, -0.05) is 31.5 Å². The summed E-state index contributed by atoms with van der Waals surface area (Å²) in [5.74, 6) is 0.761. The number of carbonyl (C=O) groups excluding carboxylic acids is 1. The molecule has 1 amide bonds. The van der Waals surface area contributed by atoms with Gasteiger partial charge in [0.25, 0.3) is 5.91 Å². The summed E-state index contributed by atoms with van der Waals surface area (Å²) < 4.78 is 1.86. The summed E-state index contributed by atoms with van der Waals surface area (Å²) in [6.07, 6.45) is 6.21. The number of thioether (sulfide) groups is 1. The Labute approximate surface area is 171 Å². The number of amides is 1. The van der Waals surface area contributed by atoms with Crippen LogP contribution < -0.4 is 5.32 Å². The van der Waals surface area contributed by atoms with Crippen molar-refractivity contribution in [2.24, 2.45) is 7.05 Å². The largest absolute Gasteiger partial charge is 0.351 e. The van der Waals surface area contributed by atoms with Gasteiger partial charge in [-0.25, -0.2) is 0 Å². The number of hydrogen-bond donors (Lipinski definition) is 1. The SMILES string of the molecule is CC[C@H]1CCCCN1CCCNC(=O)c1nn(C)c2c1CSc1ccccc1-2. The standard InChI is InChI=1S/C22H30N4OS/c1-3-16-9-6-7-13-26(16)14-8-12-23-22(27)20-18-15-28-19-11-5-4-10-17(19)21(18)25(2)24-20/h4-5,10-11,16H,3,6-9,12-15H2,1-2H3,(H,23,27)/t16-/m0/s1. The first-order valence-electron chi connectivity index (χ1n) is 10.5. The van der Waals surface area contributed by atoms with Crippen molar-refractivity contribution in [1.29, 1.82) is 0 Å². The van der Waals surface area contributed by atoms with Crippen LogP contribution in [0.15, 0.2) is 29.2 Å². The molecule has 1 N–H and O–H groups in total. The zero-order chi connectivity index (χ0) is 19.5. The van der Waals surface area contributed by atoms with Crippen LogP contribution in [0, 0.1) is 0 Å². The van der Waals surface area contributed by atoms with Gasteiger partial charge in [-0.15, -0.1) is 11.8 Å². The predicted molar refractivity (Wildman–Crippen MR) is 115 cm³/mol. The van der Waals surface area contributed by atoms with Crippen LogP contribution in [-0.4, -0.2) is 46.3 Å². The third-order valence-corrected chi connectivity index (χ3v) is 7.10. The minimum Gasteiger partial charge on any atom is -0.351 e. The van der Waals surface area contributed by atoms with Crippen molar-refractivity contribution in [2.75, 3.05) is 19.6 Å². The van der Waals surface area contributed by atoms with Gasteiger partial charge in [0.2, 0.25) is 0 Å². The number of carbonyl (C=O) groups is 1. The van der Waals surface area contributed by atoms with Crippen LogP contribution >= 0.6 is 11.8 Å². The average Bonchev–Trinajstić information content (AvgIpc) is 3.08. The minimum atomic E-state index is -0.0393. The van der Waals surface area contributed by atoms with E-state index in [9.17, 15) is 4.79 Å². The molecule has 1 fully saturated rings. The maximum absolute atomic E-state index is 12.8. The Bertz CT molecular complexity index is 847.